The van der Waals surface area contributed by atoms with Crippen LogP contribution in [0.2, 0.25) is 0 Å². The Balaban J connectivity index is 1.99. The maximum atomic E-state index is 13.8. The molecule has 1 amide bonds. The summed E-state index contributed by atoms with van der Waals surface area (Å²) in [5.74, 6) is -0.152. The van der Waals surface area contributed by atoms with E-state index >= 15 is 0 Å². The largest absolute Gasteiger partial charge is 0.444 e. The minimum Gasteiger partial charge on any atom is -0.444 e. The Morgan fingerprint density at radius 2 is 2.12 bits per heavy atom. The molecule has 0 saturated carbocycles. The number of ketones is 1. The van der Waals surface area contributed by atoms with Gasteiger partial charge in [0.15, 0.2) is 5.78 Å². The fourth-order valence-electron chi connectivity index (χ4n) is 2.64. The molecule has 7 heteroatoms. The van der Waals surface area contributed by atoms with Gasteiger partial charge in [-0.2, -0.15) is 0 Å². The van der Waals surface area contributed by atoms with Crippen LogP contribution in [0.4, 0.5) is 9.18 Å². The van der Waals surface area contributed by atoms with Crippen molar-refractivity contribution in [3.8, 4) is 0 Å². The molecule has 0 unspecified atom stereocenters. The fraction of sp³-hybridized carbons (Fsp3) is 0.588. The molecule has 2 heterocycles. The second-order valence-corrected chi connectivity index (χ2v) is 7.87. The average Bonchev–Trinajstić information content (AvgIpc) is 2.85. The predicted octanol–water partition coefficient (Wildman–Crippen LogP) is 3.69. The molecule has 1 aliphatic rings. The van der Waals surface area contributed by atoms with Gasteiger partial charge in [-0.05, 0) is 54.8 Å². The van der Waals surface area contributed by atoms with Gasteiger partial charge in [0.05, 0.1) is 12.6 Å². The van der Waals surface area contributed by atoms with E-state index in [1.807, 2.05) is 6.07 Å². The molecule has 1 fully saturated rings. The minimum absolute atomic E-state index is 0.0365. The van der Waals surface area contributed by atoms with Gasteiger partial charge in [-0.25, -0.2) is 9.18 Å². The quantitative estimate of drug-likeness (QED) is 0.772. The van der Waals surface area contributed by atoms with Crippen molar-refractivity contribution in [2.45, 2.75) is 57.8 Å². The first kappa shape index (κ1) is 18.8. The average molecular weight is 401 g/mol. The van der Waals surface area contributed by atoms with Crippen molar-refractivity contribution >= 4 is 27.8 Å². The van der Waals surface area contributed by atoms with E-state index in [-0.39, 0.29) is 25.2 Å². The van der Waals surface area contributed by atoms with E-state index in [0.717, 1.165) is 10.0 Å². The fourth-order valence-corrected chi connectivity index (χ4v) is 3.05. The number of halogens is 2. The molecule has 24 heavy (non-hydrogen) atoms. The lowest BCUT2D eigenvalue weighted by atomic mass is 10.0. The van der Waals surface area contributed by atoms with Crippen LogP contribution in [-0.2, 0) is 16.0 Å². The summed E-state index contributed by atoms with van der Waals surface area (Å²) in [6, 6.07) is 1.13. The van der Waals surface area contributed by atoms with Crippen LogP contribution in [0.15, 0.2) is 22.9 Å². The number of hydrogen-bond donors (Lipinski definition) is 0. The van der Waals surface area contributed by atoms with E-state index in [0.29, 0.717) is 6.42 Å². The number of hydrogen-bond acceptors (Lipinski definition) is 4. The smallest absolute Gasteiger partial charge is 0.411 e. The highest BCUT2D eigenvalue weighted by molar-refractivity contribution is 9.10. The molecule has 0 spiro atoms. The first-order chi connectivity index (χ1) is 11.2. The van der Waals surface area contributed by atoms with Crippen molar-refractivity contribution in [1.82, 2.24) is 9.88 Å². The highest BCUT2D eigenvalue weighted by Gasteiger charge is 2.41. The molecule has 0 bridgehead atoms. The van der Waals surface area contributed by atoms with Crippen molar-refractivity contribution in [3.63, 3.8) is 0 Å². The van der Waals surface area contributed by atoms with Crippen LogP contribution in [0.3, 0.4) is 0 Å². The van der Waals surface area contributed by atoms with Gasteiger partial charge in [0.2, 0.25) is 0 Å². The van der Waals surface area contributed by atoms with Crippen LogP contribution in [-0.4, -0.2) is 46.1 Å². The van der Waals surface area contributed by atoms with Gasteiger partial charge in [-0.3, -0.25) is 14.7 Å². The highest BCUT2D eigenvalue weighted by Crippen LogP contribution is 2.25. The van der Waals surface area contributed by atoms with E-state index in [1.165, 1.54) is 4.90 Å². The van der Waals surface area contributed by atoms with Gasteiger partial charge in [-0.15, -0.1) is 0 Å². The molecule has 1 aromatic heterocycles. The normalized spacial score (nSPS) is 21.0. The topological polar surface area (TPSA) is 59.5 Å². The first-order valence-corrected chi connectivity index (χ1v) is 8.71. The Labute approximate surface area is 149 Å². The van der Waals surface area contributed by atoms with Gasteiger partial charge in [0, 0.05) is 29.7 Å². The molecule has 5 nitrogen and oxygen atoms in total. The van der Waals surface area contributed by atoms with Crippen LogP contribution in [0.1, 0.15) is 39.2 Å². The second kappa shape index (κ2) is 7.59. The molecular formula is C17H22BrFN2O3. The third kappa shape index (κ3) is 5.26. The molecule has 1 aromatic rings. The molecule has 2 atom stereocenters. The summed E-state index contributed by atoms with van der Waals surface area (Å²) < 4.78 is 19.9. The number of amides is 1. The summed E-state index contributed by atoms with van der Waals surface area (Å²) in [4.78, 5) is 30.0. The molecule has 0 radical (unpaired) electrons. The van der Waals surface area contributed by atoms with Gasteiger partial charge in [0.1, 0.15) is 11.8 Å². The molecule has 2 rings (SSSR count). The molecule has 0 aromatic carbocycles. The summed E-state index contributed by atoms with van der Waals surface area (Å²) in [5, 5.41) is 0. The van der Waals surface area contributed by atoms with E-state index in [9.17, 15) is 14.0 Å². The van der Waals surface area contributed by atoms with E-state index in [2.05, 4.69) is 20.9 Å². The van der Waals surface area contributed by atoms with E-state index in [4.69, 9.17) is 4.74 Å². The lowest BCUT2D eigenvalue weighted by molar-refractivity contribution is -0.123. The molecule has 0 N–H and O–H groups in total. The predicted molar refractivity (Wildman–Crippen MR) is 91.5 cm³/mol. The number of carbonyl (C=O) groups is 2. The maximum Gasteiger partial charge on any atom is 0.411 e. The number of Topliss-reactive ketones (excluding diaryl/α,β-unsaturated/α-hetero) is 1. The summed E-state index contributed by atoms with van der Waals surface area (Å²) in [6.07, 6.45) is 2.30. The molecule has 1 aliphatic heterocycles. The first-order valence-electron chi connectivity index (χ1n) is 7.91. The number of aromatic nitrogens is 1. The number of carbonyl (C=O) groups excluding carboxylic acids is 2. The number of aryl methyl sites for hydroxylation is 1. The summed E-state index contributed by atoms with van der Waals surface area (Å²) >= 11 is 3.33. The van der Waals surface area contributed by atoms with Crippen LogP contribution in [0.5, 0.6) is 0 Å². The third-order valence-electron chi connectivity index (χ3n) is 3.67. The van der Waals surface area contributed by atoms with E-state index < -0.39 is 23.9 Å². The number of likely N-dealkylation sites (tertiary alicyclic amines) is 1. The van der Waals surface area contributed by atoms with Gasteiger partial charge < -0.3 is 4.74 Å². The van der Waals surface area contributed by atoms with Crippen molar-refractivity contribution in [2.24, 2.45) is 0 Å². The zero-order chi connectivity index (χ0) is 17.9. The summed E-state index contributed by atoms with van der Waals surface area (Å²) in [7, 11) is 0. The van der Waals surface area contributed by atoms with Gasteiger partial charge >= 0.3 is 6.09 Å². The Bertz CT molecular complexity index is 618. The lowest BCUT2D eigenvalue weighted by Crippen LogP contribution is -2.43. The van der Waals surface area contributed by atoms with Crippen LogP contribution >= 0.6 is 15.9 Å². The standard InChI is InChI=1S/C17H22BrFN2O3/c1-17(2,3)24-16(23)21-10-13(19)7-14(21)15(22)5-4-11-6-12(18)9-20-8-11/h6,8-9,13-14H,4-5,7,10H2,1-3H3/t13-,14+/m1/s1. The monoisotopic (exact) mass is 400 g/mol. The minimum atomic E-state index is -1.20. The van der Waals surface area contributed by atoms with Crippen molar-refractivity contribution in [1.29, 1.82) is 0 Å². The zero-order valence-corrected chi connectivity index (χ0v) is 15.7. The third-order valence-corrected chi connectivity index (χ3v) is 4.10. The Kier molecular flexibility index (Phi) is 5.96. The number of rotatable bonds is 4. The number of alkyl halides is 1. The number of nitrogens with zero attached hydrogens (tertiary/aromatic N) is 2. The van der Waals surface area contributed by atoms with Crippen LogP contribution in [0.25, 0.3) is 0 Å². The van der Waals surface area contributed by atoms with Crippen LogP contribution in [0, 0.1) is 0 Å². The van der Waals surface area contributed by atoms with Gasteiger partial charge in [-0.1, -0.05) is 0 Å². The van der Waals surface area contributed by atoms with Gasteiger partial charge in [0.25, 0.3) is 0 Å². The van der Waals surface area contributed by atoms with Crippen molar-refractivity contribution < 1.29 is 18.7 Å². The molecule has 1 saturated heterocycles. The van der Waals surface area contributed by atoms with Crippen molar-refractivity contribution in [3.05, 3.63) is 28.5 Å². The van der Waals surface area contributed by atoms with E-state index in [1.54, 1.807) is 33.2 Å². The Hall–Kier alpha value is -1.50. The number of pyridine rings is 1. The van der Waals surface area contributed by atoms with Crippen molar-refractivity contribution in [2.75, 3.05) is 6.54 Å². The lowest BCUT2D eigenvalue weighted by Gasteiger charge is -2.27. The SMILES string of the molecule is CC(C)(C)OC(=O)N1C[C@H](F)C[C@H]1C(=O)CCc1cncc(Br)c1. The Morgan fingerprint density at radius 3 is 2.75 bits per heavy atom. The van der Waals surface area contributed by atoms with Crippen LogP contribution < -0.4 is 0 Å². The molecule has 0 aliphatic carbocycles. The summed E-state index contributed by atoms with van der Waals surface area (Å²) in [6.45, 7) is 5.13. The Morgan fingerprint density at radius 1 is 1.42 bits per heavy atom. The maximum absolute atomic E-state index is 13.8. The highest BCUT2D eigenvalue weighted by atomic mass is 79.9. The summed E-state index contributed by atoms with van der Waals surface area (Å²) in [5.41, 5.74) is 0.234. The number of ether oxygens (including phenoxy) is 1. The second-order valence-electron chi connectivity index (χ2n) is 6.96. The molecular weight excluding hydrogens is 379 g/mol. The molecule has 132 valence electrons. The zero-order valence-electron chi connectivity index (χ0n) is 14.1.